The van der Waals surface area contributed by atoms with E-state index in [1.54, 1.807) is 6.07 Å². The van der Waals surface area contributed by atoms with Gasteiger partial charge >= 0.3 is 0 Å². The molecule has 88 valence electrons. The van der Waals surface area contributed by atoms with Crippen molar-refractivity contribution < 1.29 is 4.39 Å². The molecule has 1 fully saturated rings. The summed E-state index contributed by atoms with van der Waals surface area (Å²) in [5, 5.41) is 3.59. The topological polar surface area (TPSA) is 12.0 Å². The second kappa shape index (κ2) is 5.15. The first-order valence-corrected chi connectivity index (χ1v) is 6.20. The standard InChI is InChI=1S/C13H17ClFN/c1-9-4-5-12(14)13(15)11(9)7-10-3-2-6-16-8-10/h4-5,10,16H,2-3,6-8H2,1H3. The molecule has 1 heterocycles. The Bertz CT molecular complexity index is 372. The lowest BCUT2D eigenvalue weighted by Crippen LogP contribution is -2.31. The van der Waals surface area contributed by atoms with E-state index in [-0.39, 0.29) is 10.8 Å². The lowest BCUT2D eigenvalue weighted by molar-refractivity contribution is 0.371. The number of aryl methyl sites for hydroxylation is 1. The van der Waals surface area contributed by atoms with Gasteiger partial charge in [-0.3, -0.25) is 0 Å². The molecule has 2 rings (SSSR count). The van der Waals surface area contributed by atoms with Crippen LogP contribution in [-0.2, 0) is 6.42 Å². The minimum absolute atomic E-state index is 0.229. The number of hydrogen-bond acceptors (Lipinski definition) is 1. The first kappa shape index (κ1) is 11.9. The van der Waals surface area contributed by atoms with Crippen molar-refractivity contribution >= 4 is 11.6 Å². The van der Waals surface area contributed by atoms with E-state index in [2.05, 4.69) is 5.32 Å². The van der Waals surface area contributed by atoms with E-state index < -0.39 is 0 Å². The van der Waals surface area contributed by atoms with Crippen molar-refractivity contribution in [1.29, 1.82) is 0 Å². The Labute approximate surface area is 101 Å². The summed E-state index contributed by atoms with van der Waals surface area (Å²) in [4.78, 5) is 0. The van der Waals surface area contributed by atoms with Crippen molar-refractivity contribution in [3.63, 3.8) is 0 Å². The van der Waals surface area contributed by atoms with Crippen LogP contribution in [0.4, 0.5) is 4.39 Å². The highest BCUT2D eigenvalue weighted by Crippen LogP contribution is 2.25. The van der Waals surface area contributed by atoms with Crippen LogP contribution in [-0.4, -0.2) is 13.1 Å². The average Bonchev–Trinajstić information content (AvgIpc) is 2.31. The van der Waals surface area contributed by atoms with Gasteiger partial charge in [-0.15, -0.1) is 0 Å². The van der Waals surface area contributed by atoms with Crippen LogP contribution >= 0.6 is 11.6 Å². The summed E-state index contributed by atoms with van der Waals surface area (Å²) < 4.78 is 13.9. The Morgan fingerprint density at radius 3 is 3.00 bits per heavy atom. The summed E-state index contributed by atoms with van der Waals surface area (Å²) in [6.45, 7) is 4.03. The Morgan fingerprint density at radius 2 is 2.31 bits per heavy atom. The quantitative estimate of drug-likeness (QED) is 0.838. The highest BCUT2D eigenvalue weighted by Gasteiger charge is 2.18. The van der Waals surface area contributed by atoms with Crippen molar-refractivity contribution in [3.05, 3.63) is 34.1 Å². The molecule has 0 radical (unpaired) electrons. The minimum atomic E-state index is -0.229. The van der Waals surface area contributed by atoms with Crippen LogP contribution in [0.2, 0.25) is 5.02 Å². The van der Waals surface area contributed by atoms with Crippen LogP contribution in [0.3, 0.4) is 0 Å². The van der Waals surface area contributed by atoms with E-state index in [0.29, 0.717) is 5.92 Å². The number of hydrogen-bond donors (Lipinski definition) is 1. The van der Waals surface area contributed by atoms with Gasteiger partial charge in [0.25, 0.3) is 0 Å². The van der Waals surface area contributed by atoms with Crippen molar-refractivity contribution in [1.82, 2.24) is 5.32 Å². The lowest BCUT2D eigenvalue weighted by atomic mass is 9.90. The predicted octanol–water partition coefficient (Wildman–Crippen LogP) is 3.33. The molecule has 3 heteroatoms. The summed E-state index contributed by atoms with van der Waals surface area (Å²) in [5.74, 6) is 0.313. The van der Waals surface area contributed by atoms with Crippen molar-refractivity contribution in [2.24, 2.45) is 5.92 Å². The molecule has 0 aliphatic carbocycles. The van der Waals surface area contributed by atoms with Gasteiger partial charge in [0.1, 0.15) is 5.82 Å². The van der Waals surface area contributed by atoms with Gasteiger partial charge in [0.15, 0.2) is 0 Å². The Balaban J connectivity index is 2.16. The smallest absolute Gasteiger partial charge is 0.145 e. The Morgan fingerprint density at radius 1 is 1.50 bits per heavy atom. The van der Waals surface area contributed by atoms with Crippen LogP contribution in [0.15, 0.2) is 12.1 Å². The van der Waals surface area contributed by atoms with Crippen molar-refractivity contribution in [2.75, 3.05) is 13.1 Å². The third-order valence-electron chi connectivity index (χ3n) is 3.32. The predicted molar refractivity (Wildman–Crippen MR) is 65.4 cm³/mol. The number of halogens is 2. The molecule has 1 saturated heterocycles. The van der Waals surface area contributed by atoms with Crippen LogP contribution < -0.4 is 5.32 Å². The first-order chi connectivity index (χ1) is 7.68. The fourth-order valence-corrected chi connectivity index (χ4v) is 2.50. The molecule has 1 aromatic rings. The Kier molecular flexibility index (Phi) is 3.82. The maximum atomic E-state index is 13.9. The molecule has 0 bridgehead atoms. The summed E-state index contributed by atoms with van der Waals surface area (Å²) >= 11 is 5.81. The highest BCUT2D eigenvalue weighted by molar-refractivity contribution is 6.30. The number of nitrogens with one attached hydrogen (secondary N) is 1. The van der Waals surface area contributed by atoms with E-state index in [0.717, 1.165) is 30.6 Å². The largest absolute Gasteiger partial charge is 0.316 e. The maximum absolute atomic E-state index is 13.9. The summed E-state index contributed by atoms with van der Waals surface area (Å²) in [6, 6.07) is 3.53. The van der Waals surface area contributed by atoms with E-state index in [1.165, 1.54) is 12.8 Å². The second-order valence-corrected chi connectivity index (χ2v) is 4.98. The molecule has 0 aromatic heterocycles. The van der Waals surface area contributed by atoms with Gasteiger partial charge < -0.3 is 5.32 Å². The zero-order chi connectivity index (χ0) is 11.5. The van der Waals surface area contributed by atoms with Gasteiger partial charge in [0.2, 0.25) is 0 Å². The molecule has 16 heavy (non-hydrogen) atoms. The fourth-order valence-electron chi connectivity index (χ4n) is 2.33. The first-order valence-electron chi connectivity index (χ1n) is 5.82. The highest BCUT2D eigenvalue weighted by atomic mass is 35.5. The maximum Gasteiger partial charge on any atom is 0.145 e. The zero-order valence-electron chi connectivity index (χ0n) is 9.52. The zero-order valence-corrected chi connectivity index (χ0v) is 10.3. The number of piperidine rings is 1. The van der Waals surface area contributed by atoms with Gasteiger partial charge in [-0.25, -0.2) is 4.39 Å². The molecule has 0 amide bonds. The van der Waals surface area contributed by atoms with Crippen LogP contribution in [0.5, 0.6) is 0 Å². The number of rotatable bonds is 2. The molecule has 1 aliphatic rings. The van der Waals surface area contributed by atoms with Crippen LogP contribution in [0.1, 0.15) is 24.0 Å². The van der Waals surface area contributed by atoms with Gasteiger partial charge in [-0.2, -0.15) is 0 Å². The molecule has 1 unspecified atom stereocenters. The molecule has 0 spiro atoms. The van der Waals surface area contributed by atoms with Gasteiger partial charge in [-0.05, 0) is 62.4 Å². The molecule has 1 atom stereocenters. The fraction of sp³-hybridized carbons (Fsp3) is 0.538. The number of benzene rings is 1. The molecular weight excluding hydrogens is 225 g/mol. The summed E-state index contributed by atoms with van der Waals surface area (Å²) in [6.07, 6.45) is 3.16. The van der Waals surface area contributed by atoms with E-state index in [9.17, 15) is 4.39 Å². The van der Waals surface area contributed by atoms with Gasteiger partial charge in [-0.1, -0.05) is 17.7 Å². The Hall–Kier alpha value is -0.600. The summed E-state index contributed by atoms with van der Waals surface area (Å²) in [7, 11) is 0. The molecule has 1 aromatic carbocycles. The molecular formula is C13H17ClFN. The second-order valence-electron chi connectivity index (χ2n) is 4.57. The van der Waals surface area contributed by atoms with Crippen molar-refractivity contribution in [3.8, 4) is 0 Å². The monoisotopic (exact) mass is 241 g/mol. The summed E-state index contributed by atoms with van der Waals surface area (Å²) in [5.41, 5.74) is 1.80. The van der Waals surface area contributed by atoms with E-state index in [1.807, 2.05) is 13.0 Å². The van der Waals surface area contributed by atoms with Crippen LogP contribution in [0, 0.1) is 18.7 Å². The minimum Gasteiger partial charge on any atom is -0.316 e. The van der Waals surface area contributed by atoms with Crippen LogP contribution in [0.25, 0.3) is 0 Å². The lowest BCUT2D eigenvalue weighted by Gasteiger charge is -2.23. The van der Waals surface area contributed by atoms with Gasteiger partial charge in [0, 0.05) is 0 Å². The SMILES string of the molecule is Cc1ccc(Cl)c(F)c1CC1CCCNC1. The molecule has 1 aliphatic heterocycles. The van der Waals surface area contributed by atoms with E-state index in [4.69, 9.17) is 11.6 Å². The average molecular weight is 242 g/mol. The molecule has 1 nitrogen and oxygen atoms in total. The van der Waals surface area contributed by atoms with Crippen molar-refractivity contribution in [2.45, 2.75) is 26.2 Å². The normalized spacial score (nSPS) is 21.1. The van der Waals surface area contributed by atoms with Gasteiger partial charge in [0.05, 0.1) is 5.02 Å². The third-order valence-corrected chi connectivity index (χ3v) is 3.61. The third kappa shape index (κ3) is 2.55. The molecule has 1 N–H and O–H groups in total. The molecule has 0 saturated carbocycles. The van der Waals surface area contributed by atoms with E-state index >= 15 is 0 Å².